The van der Waals surface area contributed by atoms with Crippen LogP contribution in [0, 0.1) is 0 Å². The summed E-state index contributed by atoms with van der Waals surface area (Å²) in [5.74, 6) is 0. The molecule has 0 rings (SSSR count). The molecule has 0 nitrogen and oxygen atoms in total. The first-order chi connectivity index (χ1) is 2.91. The zero-order valence-electron chi connectivity index (χ0n) is 5.24. The van der Waals surface area contributed by atoms with Crippen molar-refractivity contribution in [1.29, 1.82) is 0 Å². The Morgan fingerprint density at radius 1 is 1.29 bits per heavy atom. The molecule has 0 aromatic rings. The summed E-state index contributed by atoms with van der Waals surface area (Å²) in [4.78, 5) is 0. The van der Waals surface area contributed by atoms with Gasteiger partial charge in [0.25, 0.3) is 0 Å². The fourth-order valence-corrected chi connectivity index (χ4v) is 2.60. The van der Waals surface area contributed by atoms with Crippen LogP contribution in [0.3, 0.4) is 0 Å². The van der Waals surface area contributed by atoms with Crippen LogP contribution >= 0.6 is 17.0 Å². The molecular formula is C5H13BrZn. The Labute approximate surface area is 64.4 Å². The van der Waals surface area contributed by atoms with Crippen LogP contribution in [0.25, 0.3) is 0 Å². The Hall–Kier alpha value is 1.10. The molecule has 0 fully saturated rings. The van der Waals surface area contributed by atoms with Gasteiger partial charge in [-0.05, 0) is 0 Å². The Balaban J connectivity index is 0. The van der Waals surface area contributed by atoms with Gasteiger partial charge in [-0.15, -0.1) is 17.0 Å². The van der Waals surface area contributed by atoms with Gasteiger partial charge in [-0.25, -0.2) is 0 Å². The van der Waals surface area contributed by atoms with E-state index in [-0.39, 0.29) is 34.1 Å². The molecule has 0 unspecified atom stereocenters. The minimum atomic E-state index is 0. The second-order valence-corrected chi connectivity index (χ2v) is 6.77. The van der Waals surface area contributed by atoms with Gasteiger partial charge < -0.3 is 0 Å². The second-order valence-electron chi connectivity index (χ2n) is 1.71. The summed E-state index contributed by atoms with van der Waals surface area (Å²) in [5, 5.41) is 3.14. The second kappa shape index (κ2) is 10.2. The number of halogens is 1. The molecule has 0 atom stereocenters. The van der Waals surface area contributed by atoms with Gasteiger partial charge in [-0.2, -0.15) is 0 Å². The van der Waals surface area contributed by atoms with Crippen molar-refractivity contribution in [3.8, 4) is 0 Å². The molecule has 0 aliphatic carbocycles. The van der Waals surface area contributed by atoms with Gasteiger partial charge in [0.1, 0.15) is 0 Å². The molecular weight excluding hydrogens is 205 g/mol. The minimum absolute atomic E-state index is 0. The van der Waals surface area contributed by atoms with Gasteiger partial charge in [0.2, 0.25) is 0 Å². The van der Waals surface area contributed by atoms with Crippen LogP contribution < -0.4 is 0 Å². The molecule has 2 heteroatoms. The topological polar surface area (TPSA) is 0 Å². The van der Waals surface area contributed by atoms with Crippen molar-refractivity contribution in [3.05, 3.63) is 0 Å². The van der Waals surface area contributed by atoms with E-state index in [0.29, 0.717) is 0 Å². The number of hydrogen-bond acceptors (Lipinski definition) is 0. The molecule has 7 heavy (non-hydrogen) atoms. The fourth-order valence-electron chi connectivity index (χ4n) is 0.500. The molecule has 0 radical (unpaired) electrons. The summed E-state index contributed by atoms with van der Waals surface area (Å²) < 4.78 is 0. The third-order valence-corrected chi connectivity index (χ3v) is 4.97. The van der Waals surface area contributed by atoms with Crippen LogP contribution in [0.5, 0.6) is 0 Å². The zero-order chi connectivity index (χ0) is 4.83. The Bertz CT molecular complexity index is 20.0. The van der Waals surface area contributed by atoms with Crippen molar-refractivity contribution in [2.45, 2.75) is 30.3 Å². The van der Waals surface area contributed by atoms with Crippen LogP contribution in [-0.4, -0.2) is 0 Å². The summed E-state index contributed by atoms with van der Waals surface area (Å²) in [5.41, 5.74) is 0. The van der Waals surface area contributed by atoms with E-state index >= 15 is 0 Å². The van der Waals surface area contributed by atoms with Crippen LogP contribution in [0.4, 0.5) is 0 Å². The van der Waals surface area contributed by atoms with E-state index in [2.05, 4.69) is 13.8 Å². The molecule has 0 aromatic heterocycles. The fraction of sp³-hybridized carbons (Fsp3) is 1.00. The summed E-state index contributed by atoms with van der Waals surface area (Å²) in [7, 11) is 0. The summed E-state index contributed by atoms with van der Waals surface area (Å²) >= 11 is 0.0747. The molecule has 0 bridgehead atoms. The van der Waals surface area contributed by atoms with Gasteiger partial charge in [-0.1, -0.05) is 0 Å². The first-order valence-corrected chi connectivity index (χ1v) is 7.11. The van der Waals surface area contributed by atoms with Gasteiger partial charge in [-0.3, -0.25) is 0 Å². The normalized spacial score (nSPS) is 6.57. The van der Waals surface area contributed by atoms with E-state index < -0.39 is 0 Å². The van der Waals surface area contributed by atoms with E-state index in [1.54, 1.807) is 10.0 Å². The SMILES string of the molecule is Br.CC[CH2][Zn][CH2]C. The predicted octanol–water partition coefficient (Wildman–Crippen LogP) is 2.91. The van der Waals surface area contributed by atoms with Crippen molar-refractivity contribution in [3.63, 3.8) is 0 Å². The monoisotopic (exact) mass is 216 g/mol. The van der Waals surface area contributed by atoms with Gasteiger partial charge >= 0.3 is 47.4 Å². The molecule has 0 aliphatic heterocycles. The van der Waals surface area contributed by atoms with Crippen LogP contribution in [-0.2, 0) is 17.1 Å². The van der Waals surface area contributed by atoms with E-state index in [4.69, 9.17) is 0 Å². The maximum absolute atomic E-state index is 2.32. The average Bonchev–Trinajstić information content (AvgIpc) is 1.61. The number of rotatable bonds is 3. The van der Waals surface area contributed by atoms with Crippen molar-refractivity contribution < 1.29 is 17.1 Å². The third kappa shape index (κ3) is 11.0. The van der Waals surface area contributed by atoms with E-state index in [9.17, 15) is 0 Å². The van der Waals surface area contributed by atoms with Crippen LogP contribution in [0.2, 0.25) is 10.0 Å². The average molecular weight is 218 g/mol. The van der Waals surface area contributed by atoms with Crippen LogP contribution in [0.1, 0.15) is 20.3 Å². The van der Waals surface area contributed by atoms with Crippen molar-refractivity contribution in [2.75, 3.05) is 0 Å². The van der Waals surface area contributed by atoms with Gasteiger partial charge in [0.05, 0.1) is 0 Å². The molecule has 0 heterocycles. The third-order valence-electron chi connectivity index (χ3n) is 0.957. The molecule has 0 N–H and O–H groups in total. The summed E-state index contributed by atoms with van der Waals surface area (Å²) in [6.07, 6.45) is 1.44. The predicted molar refractivity (Wildman–Crippen MR) is 35.9 cm³/mol. The number of hydrogen-bond donors (Lipinski definition) is 0. The van der Waals surface area contributed by atoms with E-state index in [0.717, 1.165) is 0 Å². The molecule has 0 amide bonds. The molecule has 0 saturated carbocycles. The van der Waals surface area contributed by atoms with Crippen LogP contribution in [0.15, 0.2) is 0 Å². The van der Waals surface area contributed by atoms with Gasteiger partial charge in [0, 0.05) is 0 Å². The van der Waals surface area contributed by atoms with Crippen molar-refractivity contribution >= 4 is 17.0 Å². The van der Waals surface area contributed by atoms with Crippen molar-refractivity contribution in [1.82, 2.24) is 0 Å². The summed E-state index contributed by atoms with van der Waals surface area (Å²) in [6.45, 7) is 4.59. The molecule has 0 aromatic carbocycles. The van der Waals surface area contributed by atoms with Crippen molar-refractivity contribution in [2.24, 2.45) is 0 Å². The molecule has 0 aliphatic rings. The Morgan fingerprint density at radius 3 is 2.00 bits per heavy atom. The summed E-state index contributed by atoms with van der Waals surface area (Å²) in [6, 6.07) is 0. The van der Waals surface area contributed by atoms with E-state index in [1.165, 1.54) is 6.42 Å². The van der Waals surface area contributed by atoms with E-state index in [1.807, 2.05) is 0 Å². The quantitative estimate of drug-likeness (QED) is 0.505. The van der Waals surface area contributed by atoms with Gasteiger partial charge in [0.15, 0.2) is 0 Å². The molecule has 0 spiro atoms. The Kier molecular flexibility index (Phi) is 15.9. The first kappa shape index (κ1) is 11.0. The molecule has 42 valence electrons. The zero-order valence-corrected chi connectivity index (χ0v) is 9.92. The Morgan fingerprint density at radius 2 is 1.86 bits per heavy atom. The maximum atomic E-state index is 2.32. The standard InChI is InChI=1S/C3H7.C2H5.BrH.Zn/c1-3-2;1-2;;/h1,3H2,2H3;1H2,2H3;1H;. The molecule has 0 saturated heterocycles. The first-order valence-electron chi connectivity index (χ1n) is 2.91.